The molecule has 2 N–H and O–H groups in total. The van der Waals surface area contributed by atoms with E-state index in [4.69, 9.17) is 4.74 Å². The second-order valence-corrected chi connectivity index (χ2v) is 4.95. The number of ether oxygens (including phenoxy) is 1. The molecular weight excluding hydrogens is 250 g/mol. The third-order valence-corrected chi connectivity index (χ3v) is 2.58. The van der Waals surface area contributed by atoms with E-state index in [1.54, 1.807) is 13.1 Å². The molecule has 0 amide bonds. The van der Waals surface area contributed by atoms with E-state index < -0.39 is 0 Å². The third kappa shape index (κ3) is 6.27. The van der Waals surface area contributed by atoms with E-state index >= 15 is 0 Å². The monoisotopic (exact) mass is 275 g/mol. The van der Waals surface area contributed by atoms with Gasteiger partial charge in [-0.1, -0.05) is 32.1 Å². The largest absolute Gasteiger partial charge is 0.493 e. The summed E-state index contributed by atoms with van der Waals surface area (Å²) in [5.74, 6) is 2.20. The van der Waals surface area contributed by atoms with Crippen LogP contribution in [-0.4, -0.2) is 26.2 Å². The lowest BCUT2D eigenvalue weighted by Gasteiger charge is -2.12. The molecule has 0 saturated carbocycles. The van der Waals surface area contributed by atoms with Crippen molar-refractivity contribution in [2.75, 3.05) is 20.2 Å². The number of benzene rings is 1. The van der Waals surface area contributed by atoms with E-state index in [2.05, 4.69) is 48.2 Å². The summed E-state index contributed by atoms with van der Waals surface area (Å²) < 4.78 is 5.72. The second kappa shape index (κ2) is 9.02. The topological polar surface area (TPSA) is 45.7 Å². The van der Waals surface area contributed by atoms with Crippen molar-refractivity contribution >= 4 is 5.96 Å². The van der Waals surface area contributed by atoms with Crippen molar-refractivity contribution in [1.82, 2.24) is 10.6 Å². The number of guanidine groups is 1. The Hall–Kier alpha value is -1.97. The minimum Gasteiger partial charge on any atom is -0.493 e. The fraction of sp³-hybridized carbons (Fsp3) is 0.438. The van der Waals surface area contributed by atoms with Gasteiger partial charge in [-0.3, -0.25) is 4.99 Å². The van der Waals surface area contributed by atoms with Gasteiger partial charge >= 0.3 is 0 Å². The smallest absolute Gasteiger partial charge is 0.191 e. The minimum atomic E-state index is 0.527. The number of aliphatic imine (C=N–C) groups is 1. The van der Waals surface area contributed by atoms with E-state index in [0.29, 0.717) is 19.0 Å². The highest BCUT2D eigenvalue weighted by molar-refractivity contribution is 5.79. The van der Waals surface area contributed by atoms with Gasteiger partial charge in [0.25, 0.3) is 0 Å². The van der Waals surface area contributed by atoms with Crippen molar-refractivity contribution in [2.24, 2.45) is 10.9 Å². The molecule has 0 heterocycles. The highest BCUT2D eigenvalue weighted by Gasteiger charge is 2.00. The van der Waals surface area contributed by atoms with Crippen LogP contribution in [0.25, 0.3) is 0 Å². The molecule has 0 aliphatic rings. The second-order valence-electron chi connectivity index (χ2n) is 4.95. The van der Waals surface area contributed by atoms with E-state index in [-0.39, 0.29) is 0 Å². The first-order chi connectivity index (χ1) is 9.65. The van der Waals surface area contributed by atoms with Gasteiger partial charge < -0.3 is 15.4 Å². The summed E-state index contributed by atoms with van der Waals surface area (Å²) in [6.07, 6.45) is 1.80. The molecule has 0 radical (unpaired) electrons. The van der Waals surface area contributed by atoms with Crippen LogP contribution in [0, 0.1) is 5.92 Å². The first-order valence-electron chi connectivity index (χ1n) is 6.93. The lowest BCUT2D eigenvalue weighted by atomic mass is 10.2. The highest BCUT2D eigenvalue weighted by atomic mass is 16.5. The Bertz CT molecular complexity index is 441. The molecular formula is C16H25N3O. The number of hydrogen-bond acceptors (Lipinski definition) is 2. The molecule has 0 fully saturated rings. The van der Waals surface area contributed by atoms with Gasteiger partial charge in [0.05, 0.1) is 6.61 Å². The summed E-state index contributed by atoms with van der Waals surface area (Å²) in [5, 5.41) is 6.38. The van der Waals surface area contributed by atoms with Crippen molar-refractivity contribution in [3.63, 3.8) is 0 Å². The maximum absolute atomic E-state index is 5.72. The van der Waals surface area contributed by atoms with Crippen LogP contribution in [0.1, 0.15) is 19.4 Å². The maximum Gasteiger partial charge on any atom is 0.191 e. The summed E-state index contributed by atoms with van der Waals surface area (Å²) in [6.45, 7) is 10.1. The Labute approximate surface area is 121 Å². The van der Waals surface area contributed by atoms with Crippen LogP contribution in [0.2, 0.25) is 0 Å². The number of nitrogens with zero attached hydrogens (tertiary/aromatic N) is 1. The van der Waals surface area contributed by atoms with Gasteiger partial charge in [-0.25, -0.2) is 0 Å². The summed E-state index contributed by atoms with van der Waals surface area (Å²) in [4.78, 5) is 4.14. The van der Waals surface area contributed by atoms with E-state index in [1.807, 2.05) is 12.1 Å². The Kier molecular flexibility index (Phi) is 7.25. The predicted octanol–water partition coefficient (Wildman–Crippen LogP) is 2.57. The summed E-state index contributed by atoms with van der Waals surface area (Å²) in [7, 11) is 1.75. The lowest BCUT2D eigenvalue weighted by molar-refractivity contribution is 0.271. The van der Waals surface area contributed by atoms with Crippen LogP contribution in [0.4, 0.5) is 0 Å². The van der Waals surface area contributed by atoms with Gasteiger partial charge in [-0.05, 0) is 23.6 Å². The average Bonchev–Trinajstić information content (AvgIpc) is 2.46. The molecule has 0 aliphatic heterocycles. The van der Waals surface area contributed by atoms with Gasteiger partial charge in [0.2, 0.25) is 0 Å². The van der Waals surface area contributed by atoms with Gasteiger partial charge in [0.1, 0.15) is 5.75 Å². The third-order valence-electron chi connectivity index (χ3n) is 2.58. The van der Waals surface area contributed by atoms with E-state index in [9.17, 15) is 0 Å². The van der Waals surface area contributed by atoms with Crippen molar-refractivity contribution in [3.05, 3.63) is 42.5 Å². The lowest BCUT2D eigenvalue weighted by Crippen LogP contribution is -2.36. The number of nitrogens with one attached hydrogen (secondary N) is 2. The number of rotatable bonds is 7. The van der Waals surface area contributed by atoms with Gasteiger partial charge in [0, 0.05) is 20.1 Å². The molecule has 4 heteroatoms. The normalized spacial score (nSPS) is 11.3. The first kappa shape index (κ1) is 16.1. The molecule has 0 atom stereocenters. The van der Waals surface area contributed by atoms with Crippen LogP contribution in [-0.2, 0) is 6.54 Å². The highest BCUT2D eigenvalue weighted by Crippen LogP contribution is 2.14. The Morgan fingerprint density at radius 3 is 2.85 bits per heavy atom. The van der Waals surface area contributed by atoms with Crippen molar-refractivity contribution < 1.29 is 4.74 Å². The van der Waals surface area contributed by atoms with Gasteiger partial charge in [-0.2, -0.15) is 0 Å². The minimum absolute atomic E-state index is 0.527. The van der Waals surface area contributed by atoms with Crippen LogP contribution in [0.5, 0.6) is 5.75 Å². The molecule has 0 aromatic heterocycles. The van der Waals surface area contributed by atoms with Crippen molar-refractivity contribution in [2.45, 2.75) is 20.4 Å². The van der Waals surface area contributed by atoms with Crippen LogP contribution < -0.4 is 15.4 Å². The van der Waals surface area contributed by atoms with Crippen LogP contribution in [0.3, 0.4) is 0 Å². The zero-order chi connectivity index (χ0) is 14.8. The first-order valence-corrected chi connectivity index (χ1v) is 6.93. The zero-order valence-electron chi connectivity index (χ0n) is 12.6. The molecule has 20 heavy (non-hydrogen) atoms. The van der Waals surface area contributed by atoms with Crippen molar-refractivity contribution in [1.29, 1.82) is 0 Å². The molecule has 0 saturated heterocycles. The zero-order valence-corrected chi connectivity index (χ0v) is 12.6. The molecule has 110 valence electrons. The summed E-state index contributed by atoms with van der Waals surface area (Å²) in [6, 6.07) is 8.11. The van der Waals surface area contributed by atoms with E-state index in [0.717, 1.165) is 23.9 Å². The summed E-state index contributed by atoms with van der Waals surface area (Å²) >= 11 is 0. The number of hydrogen-bond donors (Lipinski definition) is 2. The predicted molar refractivity (Wildman–Crippen MR) is 85.2 cm³/mol. The Morgan fingerprint density at radius 2 is 2.20 bits per heavy atom. The van der Waals surface area contributed by atoms with Gasteiger partial charge in [0.15, 0.2) is 5.96 Å². The molecule has 0 spiro atoms. The van der Waals surface area contributed by atoms with E-state index in [1.165, 1.54) is 0 Å². The fourth-order valence-electron chi connectivity index (χ4n) is 1.58. The molecule has 0 aliphatic carbocycles. The Balaban J connectivity index is 2.50. The summed E-state index contributed by atoms with van der Waals surface area (Å²) in [5.41, 5.74) is 1.16. The molecule has 0 bridgehead atoms. The maximum atomic E-state index is 5.72. The molecule has 4 nitrogen and oxygen atoms in total. The van der Waals surface area contributed by atoms with Crippen LogP contribution in [0.15, 0.2) is 41.9 Å². The van der Waals surface area contributed by atoms with Crippen molar-refractivity contribution in [3.8, 4) is 5.75 Å². The molecule has 1 aromatic carbocycles. The quantitative estimate of drug-likeness (QED) is 0.457. The standard InChI is InChI=1S/C16H25N3O/c1-5-9-18-16(17-4)19-11-14-7-6-8-15(10-14)20-12-13(2)3/h5-8,10,13H,1,9,11-12H2,2-4H3,(H2,17,18,19). The van der Waals surface area contributed by atoms with Crippen LogP contribution >= 0.6 is 0 Å². The average molecular weight is 275 g/mol. The molecule has 1 rings (SSSR count). The molecule has 0 unspecified atom stereocenters. The van der Waals surface area contributed by atoms with Gasteiger partial charge in [-0.15, -0.1) is 6.58 Å². The SMILES string of the molecule is C=CCNC(=NC)NCc1cccc(OCC(C)C)c1. The Morgan fingerprint density at radius 1 is 1.40 bits per heavy atom. The molecule has 1 aromatic rings. The fourth-order valence-corrected chi connectivity index (χ4v) is 1.58.